The molecule has 2 heterocycles. The van der Waals surface area contributed by atoms with Gasteiger partial charge in [0.05, 0.1) is 11.3 Å². The molecule has 162 valence electrons. The van der Waals surface area contributed by atoms with E-state index in [0.29, 0.717) is 25.9 Å². The van der Waals surface area contributed by atoms with Crippen LogP contribution in [0.1, 0.15) is 12.8 Å². The van der Waals surface area contributed by atoms with Crippen LogP contribution in [0.2, 0.25) is 10.0 Å². The predicted octanol–water partition coefficient (Wildman–Crippen LogP) is 1.50. The summed E-state index contributed by atoms with van der Waals surface area (Å²) in [5.41, 5.74) is 0. The summed E-state index contributed by atoms with van der Waals surface area (Å²) in [6, 6.07) is 4.30. The molecule has 0 radical (unpaired) electrons. The van der Waals surface area contributed by atoms with Gasteiger partial charge in [0.25, 0.3) is 0 Å². The Morgan fingerprint density at radius 2 is 1.52 bits per heavy atom. The fourth-order valence-corrected chi connectivity index (χ4v) is 6.69. The SMILES string of the molecule is CS(=O)(=O)N1CCN(C(=O)C2CCN(S(=O)(=O)c3cc(Cl)ccc3Cl)CC2)CC1. The van der Waals surface area contributed by atoms with E-state index in [1.165, 1.54) is 26.8 Å². The van der Waals surface area contributed by atoms with E-state index in [4.69, 9.17) is 23.2 Å². The van der Waals surface area contributed by atoms with Crippen LogP contribution in [0.4, 0.5) is 0 Å². The second-order valence-electron chi connectivity index (χ2n) is 7.24. The fraction of sp³-hybridized carbons (Fsp3) is 0.588. The Morgan fingerprint density at radius 3 is 2.07 bits per heavy atom. The number of halogens is 2. The largest absolute Gasteiger partial charge is 0.340 e. The van der Waals surface area contributed by atoms with Gasteiger partial charge >= 0.3 is 0 Å². The van der Waals surface area contributed by atoms with E-state index in [1.54, 1.807) is 4.90 Å². The van der Waals surface area contributed by atoms with Gasteiger partial charge in [-0.2, -0.15) is 8.61 Å². The number of benzene rings is 1. The smallest absolute Gasteiger partial charge is 0.244 e. The molecule has 2 aliphatic rings. The number of nitrogens with zero attached hydrogens (tertiary/aromatic N) is 3. The van der Waals surface area contributed by atoms with Crippen LogP contribution in [0.15, 0.2) is 23.1 Å². The fourth-order valence-electron chi connectivity index (χ4n) is 3.66. The van der Waals surface area contributed by atoms with Gasteiger partial charge in [-0.1, -0.05) is 23.2 Å². The molecular formula is C17H23Cl2N3O5S2. The highest BCUT2D eigenvalue weighted by Crippen LogP contribution is 2.31. The third kappa shape index (κ3) is 5.05. The number of sulfonamides is 2. The quantitative estimate of drug-likeness (QED) is 0.646. The topological polar surface area (TPSA) is 95.1 Å². The number of amides is 1. The molecule has 2 fully saturated rings. The maximum Gasteiger partial charge on any atom is 0.244 e. The van der Waals surface area contributed by atoms with Crippen LogP contribution in [0.5, 0.6) is 0 Å². The number of piperidine rings is 1. The molecule has 1 aromatic rings. The third-order valence-electron chi connectivity index (χ3n) is 5.33. The molecule has 0 N–H and O–H groups in total. The highest BCUT2D eigenvalue weighted by atomic mass is 35.5. The Labute approximate surface area is 181 Å². The zero-order valence-electron chi connectivity index (χ0n) is 15.9. The van der Waals surface area contributed by atoms with Crippen LogP contribution in [-0.2, 0) is 24.8 Å². The maximum absolute atomic E-state index is 12.9. The summed E-state index contributed by atoms with van der Waals surface area (Å²) in [7, 11) is -7.05. The monoisotopic (exact) mass is 483 g/mol. The molecule has 0 bridgehead atoms. The molecule has 0 saturated carbocycles. The number of hydrogen-bond donors (Lipinski definition) is 0. The Morgan fingerprint density at radius 1 is 0.931 bits per heavy atom. The first-order chi connectivity index (χ1) is 13.5. The van der Waals surface area contributed by atoms with Crippen molar-refractivity contribution in [3.63, 3.8) is 0 Å². The second-order valence-corrected chi connectivity index (χ2v) is 12.0. The molecule has 29 heavy (non-hydrogen) atoms. The van der Waals surface area contributed by atoms with Gasteiger partial charge in [0.2, 0.25) is 26.0 Å². The summed E-state index contributed by atoms with van der Waals surface area (Å²) >= 11 is 12.0. The van der Waals surface area contributed by atoms with Crippen molar-refractivity contribution in [2.24, 2.45) is 5.92 Å². The summed E-state index contributed by atoms with van der Waals surface area (Å²) in [4.78, 5) is 14.4. The van der Waals surface area contributed by atoms with Crippen LogP contribution in [0, 0.1) is 5.92 Å². The summed E-state index contributed by atoms with van der Waals surface area (Å²) in [6.07, 6.45) is 1.97. The van der Waals surface area contributed by atoms with Crippen molar-refractivity contribution >= 4 is 49.2 Å². The summed E-state index contributed by atoms with van der Waals surface area (Å²) in [5.74, 6) is -0.322. The Balaban J connectivity index is 1.60. The molecule has 0 atom stereocenters. The van der Waals surface area contributed by atoms with Crippen LogP contribution < -0.4 is 0 Å². The third-order valence-corrected chi connectivity index (χ3v) is 9.25. The van der Waals surface area contributed by atoms with Crippen molar-refractivity contribution in [2.75, 3.05) is 45.5 Å². The van der Waals surface area contributed by atoms with E-state index < -0.39 is 20.0 Å². The Bertz CT molecular complexity index is 984. The van der Waals surface area contributed by atoms with Gasteiger partial charge in [-0.3, -0.25) is 4.79 Å². The molecule has 0 unspecified atom stereocenters. The van der Waals surface area contributed by atoms with Gasteiger partial charge < -0.3 is 4.90 Å². The number of piperazine rings is 1. The zero-order valence-corrected chi connectivity index (χ0v) is 19.1. The van der Waals surface area contributed by atoms with Crippen LogP contribution in [0.25, 0.3) is 0 Å². The van der Waals surface area contributed by atoms with Crippen LogP contribution >= 0.6 is 23.2 Å². The minimum absolute atomic E-state index is 0.0339. The molecule has 0 spiro atoms. The van der Waals surface area contributed by atoms with E-state index in [-0.39, 0.29) is 52.9 Å². The van der Waals surface area contributed by atoms with E-state index in [2.05, 4.69) is 0 Å². The summed E-state index contributed by atoms with van der Waals surface area (Å²) in [5, 5.41) is 0.391. The normalized spacial score (nSPS) is 20.7. The molecule has 0 aliphatic carbocycles. The van der Waals surface area contributed by atoms with Gasteiger partial charge in [0, 0.05) is 50.2 Å². The second kappa shape index (κ2) is 8.68. The average Bonchev–Trinajstić information content (AvgIpc) is 2.68. The molecule has 12 heteroatoms. The first kappa shape index (κ1) is 22.8. The van der Waals surface area contributed by atoms with Crippen molar-refractivity contribution in [1.82, 2.24) is 13.5 Å². The average molecular weight is 484 g/mol. The van der Waals surface area contributed by atoms with Crippen molar-refractivity contribution in [3.8, 4) is 0 Å². The standard InChI is InChI=1S/C17H23Cl2N3O5S2/c1-28(24,25)21-10-8-20(9-11-21)17(23)13-4-6-22(7-5-13)29(26,27)16-12-14(18)2-3-15(16)19/h2-3,12-13H,4-11H2,1H3. The Kier molecular flexibility index (Phi) is 6.82. The lowest BCUT2D eigenvalue weighted by Crippen LogP contribution is -2.52. The van der Waals surface area contributed by atoms with Gasteiger partial charge in [0.15, 0.2) is 0 Å². The maximum atomic E-state index is 12.9. The summed E-state index contributed by atoms with van der Waals surface area (Å²) in [6.45, 7) is 1.69. The zero-order chi connectivity index (χ0) is 21.4. The molecule has 1 amide bonds. The Hall–Kier alpha value is -0.910. The first-order valence-corrected chi connectivity index (χ1v) is 13.2. The number of carbonyl (C=O) groups is 1. The van der Waals surface area contributed by atoms with E-state index >= 15 is 0 Å². The number of rotatable bonds is 4. The lowest BCUT2D eigenvalue weighted by molar-refractivity contribution is -0.137. The van der Waals surface area contributed by atoms with Crippen molar-refractivity contribution in [2.45, 2.75) is 17.7 Å². The van der Waals surface area contributed by atoms with Crippen LogP contribution in [0.3, 0.4) is 0 Å². The predicted molar refractivity (Wildman–Crippen MR) is 111 cm³/mol. The molecule has 2 saturated heterocycles. The van der Waals surface area contributed by atoms with E-state index in [9.17, 15) is 21.6 Å². The van der Waals surface area contributed by atoms with Gasteiger partial charge in [0.1, 0.15) is 4.90 Å². The van der Waals surface area contributed by atoms with Gasteiger partial charge in [-0.05, 0) is 31.0 Å². The summed E-state index contributed by atoms with van der Waals surface area (Å²) < 4.78 is 51.7. The van der Waals surface area contributed by atoms with Crippen molar-refractivity contribution in [3.05, 3.63) is 28.2 Å². The minimum Gasteiger partial charge on any atom is -0.340 e. The molecule has 8 nitrogen and oxygen atoms in total. The molecule has 3 rings (SSSR count). The highest BCUT2D eigenvalue weighted by molar-refractivity contribution is 7.89. The highest BCUT2D eigenvalue weighted by Gasteiger charge is 2.36. The lowest BCUT2D eigenvalue weighted by Gasteiger charge is -2.37. The van der Waals surface area contributed by atoms with Gasteiger partial charge in [-0.15, -0.1) is 0 Å². The van der Waals surface area contributed by atoms with Gasteiger partial charge in [-0.25, -0.2) is 16.8 Å². The van der Waals surface area contributed by atoms with Crippen molar-refractivity contribution in [1.29, 1.82) is 0 Å². The molecular weight excluding hydrogens is 461 g/mol. The minimum atomic E-state index is -3.79. The number of carbonyl (C=O) groups excluding carboxylic acids is 1. The molecule has 0 aromatic heterocycles. The first-order valence-electron chi connectivity index (χ1n) is 9.19. The number of hydrogen-bond acceptors (Lipinski definition) is 5. The van der Waals surface area contributed by atoms with Crippen LogP contribution in [-0.4, -0.2) is 81.8 Å². The molecule has 2 aliphatic heterocycles. The van der Waals surface area contributed by atoms with E-state index in [0.717, 1.165) is 6.26 Å². The van der Waals surface area contributed by atoms with Crippen molar-refractivity contribution < 1.29 is 21.6 Å². The van der Waals surface area contributed by atoms with E-state index in [1.807, 2.05) is 0 Å². The molecule has 1 aromatic carbocycles. The lowest BCUT2D eigenvalue weighted by atomic mass is 9.96.